The fraction of sp³-hybridized carbons (Fsp3) is 0.0800. The first kappa shape index (κ1) is 21.0. The van der Waals surface area contributed by atoms with E-state index in [-0.39, 0.29) is 11.3 Å². The Bertz CT molecular complexity index is 1430. The Morgan fingerprint density at radius 3 is 2.76 bits per heavy atom. The molecule has 1 atom stereocenters. The van der Waals surface area contributed by atoms with Crippen molar-refractivity contribution in [1.82, 2.24) is 4.98 Å². The largest absolute Gasteiger partial charge is 0.503 e. The van der Waals surface area contributed by atoms with Crippen molar-refractivity contribution in [3.8, 4) is 5.75 Å². The van der Waals surface area contributed by atoms with Gasteiger partial charge in [-0.2, -0.15) is 0 Å². The monoisotopic (exact) mass is 504 g/mol. The molecule has 1 aliphatic rings. The molecule has 0 aliphatic carbocycles. The number of rotatable bonds is 5. The van der Waals surface area contributed by atoms with Crippen LogP contribution in [0.2, 0.25) is 0 Å². The maximum absolute atomic E-state index is 13.6. The van der Waals surface area contributed by atoms with E-state index in [4.69, 9.17) is 9.15 Å². The van der Waals surface area contributed by atoms with E-state index in [1.54, 1.807) is 67.0 Å². The third-order valence-electron chi connectivity index (χ3n) is 5.49. The van der Waals surface area contributed by atoms with Crippen molar-refractivity contribution in [1.29, 1.82) is 0 Å². The minimum atomic E-state index is -0.897. The molecule has 0 saturated heterocycles. The van der Waals surface area contributed by atoms with Crippen molar-refractivity contribution in [2.75, 3.05) is 12.0 Å². The first-order valence-corrected chi connectivity index (χ1v) is 10.8. The number of amides is 1. The van der Waals surface area contributed by atoms with Crippen molar-refractivity contribution >= 4 is 44.3 Å². The maximum atomic E-state index is 13.6. The molecule has 33 heavy (non-hydrogen) atoms. The molecule has 0 spiro atoms. The number of aliphatic hydroxyl groups is 1. The molecule has 2 aromatic heterocycles. The average molecular weight is 505 g/mol. The number of ether oxygens (including phenoxy) is 1. The zero-order chi connectivity index (χ0) is 23.1. The highest BCUT2D eigenvalue weighted by Crippen LogP contribution is 2.42. The molecule has 0 saturated carbocycles. The van der Waals surface area contributed by atoms with Gasteiger partial charge >= 0.3 is 0 Å². The number of nitrogens with zero attached hydrogens (tertiary/aromatic N) is 2. The van der Waals surface area contributed by atoms with Gasteiger partial charge in [0.05, 0.1) is 18.7 Å². The number of hydrogen-bond acceptors (Lipinski definition) is 6. The quantitative estimate of drug-likeness (QED) is 0.366. The standard InChI is InChI=1S/C25H17BrN2O5/c1-32-18-6-2-5-17(12-18)28-22(14-4-3-9-27-13-14)21(24(30)25(28)31)23(29)20-11-15-10-16(26)7-8-19(15)33-20/h2-13,22,30H,1H3. The highest BCUT2D eigenvalue weighted by Gasteiger charge is 2.45. The van der Waals surface area contributed by atoms with Gasteiger partial charge in [0, 0.05) is 34.0 Å². The van der Waals surface area contributed by atoms with Crippen LogP contribution in [0.15, 0.2) is 93.3 Å². The van der Waals surface area contributed by atoms with Crippen LogP contribution in [-0.2, 0) is 4.79 Å². The van der Waals surface area contributed by atoms with E-state index in [0.29, 0.717) is 22.6 Å². The topological polar surface area (TPSA) is 92.9 Å². The van der Waals surface area contributed by atoms with Gasteiger partial charge in [0.25, 0.3) is 5.91 Å². The molecule has 1 aliphatic heterocycles. The zero-order valence-electron chi connectivity index (χ0n) is 17.4. The van der Waals surface area contributed by atoms with Gasteiger partial charge in [-0.3, -0.25) is 19.5 Å². The van der Waals surface area contributed by atoms with Crippen molar-refractivity contribution in [2.45, 2.75) is 6.04 Å². The van der Waals surface area contributed by atoms with E-state index in [0.717, 1.165) is 9.86 Å². The summed E-state index contributed by atoms with van der Waals surface area (Å²) in [4.78, 5) is 32.3. The number of carbonyl (C=O) groups is 2. The van der Waals surface area contributed by atoms with Crippen molar-refractivity contribution in [3.05, 3.63) is 100 Å². The van der Waals surface area contributed by atoms with E-state index in [1.165, 1.54) is 12.0 Å². The number of carbonyl (C=O) groups excluding carboxylic acids is 2. The van der Waals surface area contributed by atoms with E-state index < -0.39 is 23.5 Å². The van der Waals surface area contributed by atoms with E-state index in [2.05, 4.69) is 20.9 Å². The van der Waals surface area contributed by atoms with Crippen LogP contribution in [0.25, 0.3) is 11.0 Å². The Balaban J connectivity index is 1.65. The first-order chi connectivity index (χ1) is 16.0. The van der Waals surface area contributed by atoms with E-state index >= 15 is 0 Å². The Morgan fingerprint density at radius 2 is 2.00 bits per heavy atom. The lowest BCUT2D eigenvalue weighted by molar-refractivity contribution is -0.117. The van der Waals surface area contributed by atoms with Crippen molar-refractivity contribution < 1.29 is 23.8 Å². The van der Waals surface area contributed by atoms with Crippen LogP contribution in [-0.4, -0.2) is 28.9 Å². The van der Waals surface area contributed by atoms with Gasteiger partial charge in [0.2, 0.25) is 5.78 Å². The second kappa shape index (κ2) is 8.22. The van der Waals surface area contributed by atoms with E-state index in [1.807, 2.05) is 6.07 Å². The fourth-order valence-corrected chi connectivity index (χ4v) is 4.35. The number of furan rings is 1. The molecule has 2 aromatic carbocycles. The highest BCUT2D eigenvalue weighted by molar-refractivity contribution is 9.10. The average Bonchev–Trinajstić information content (AvgIpc) is 3.37. The number of aromatic nitrogens is 1. The minimum Gasteiger partial charge on any atom is -0.503 e. The number of Topliss-reactive ketones (excluding diaryl/α,β-unsaturated/α-hetero) is 1. The van der Waals surface area contributed by atoms with Gasteiger partial charge in [-0.15, -0.1) is 0 Å². The van der Waals surface area contributed by atoms with Crippen LogP contribution in [0.5, 0.6) is 5.75 Å². The van der Waals surface area contributed by atoms with Gasteiger partial charge in [-0.05, 0) is 48.0 Å². The molecule has 0 bridgehead atoms. The summed E-state index contributed by atoms with van der Waals surface area (Å²) in [6.45, 7) is 0. The van der Waals surface area contributed by atoms with Crippen molar-refractivity contribution in [3.63, 3.8) is 0 Å². The molecule has 0 radical (unpaired) electrons. The molecule has 1 amide bonds. The zero-order valence-corrected chi connectivity index (χ0v) is 18.9. The number of hydrogen-bond donors (Lipinski definition) is 1. The Labute approximate surface area is 197 Å². The second-order valence-corrected chi connectivity index (χ2v) is 8.37. The summed E-state index contributed by atoms with van der Waals surface area (Å²) in [5.74, 6) is -1.34. The van der Waals surface area contributed by atoms with Crippen LogP contribution in [0, 0.1) is 0 Å². The van der Waals surface area contributed by atoms with E-state index in [9.17, 15) is 14.7 Å². The molecular weight excluding hydrogens is 488 g/mol. The molecule has 164 valence electrons. The number of methoxy groups -OCH3 is 1. The molecule has 4 aromatic rings. The summed E-state index contributed by atoms with van der Waals surface area (Å²) in [7, 11) is 1.52. The molecule has 3 heterocycles. The van der Waals surface area contributed by atoms with Crippen LogP contribution >= 0.6 is 15.9 Å². The summed E-state index contributed by atoms with van der Waals surface area (Å²) in [5.41, 5.74) is 1.48. The first-order valence-electron chi connectivity index (χ1n) is 10.0. The van der Waals surface area contributed by atoms with Gasteiger partial charge in [-0.1, -0.05) is 28.1 Å². The van der Waals surface area contributed by atoms with Crippen molar-refractivity contribution in [2.24, 2.45) is 0 Å². The van der Waals surface area contributed by atoms with Gasteiger partial charge in [0.15, 0.2) is 11.5 Å². The molecule has 8 heteroatoms. The second-order valence-electron chi connectivity index (χ2n) is 7.45. The van der Waals surface area contributed by atoms with Crippen LogP contribution in [0.3, 0.4) is 0 Å². The normalized spacial score (nSPS) is 16.0. The number of halogens is 1. The maximum Gasteiger partial charge on any atom is 0.294 e. The third kappa shape index (κ3) is 3.58. The lowest BCUT2D eigenvalue weighted by Gasteiger charge is -2.26. The van der Waals surface area contributed by atoms with Gasteiger partial charge in [-0.25, -0.2) is 0 Å². The number of benzene rings is 2. The predicted molar refractivity (Wildman–Crippen MR) is 125 cm³/mol. The SMILES string of the molecule is COc1cccc(N2C(=O)C(O)=C(C(=O)c3cc4cc(Br)ccc4o3)C2c2cccnc2)c1. The lowest BCUT2D eigenvalue weighted by Crippen LogP contribution is -2.31. The number of anilines is 1. The third-order valence-corrected chi connectivity index (χ3v) is 5.98. The summed E-state index contributed by atoms with van der Waals surface area (Å²) in [6.07, 6.45) is 3.16. The molecular formula is C25H17BrN2O5. The summed E-state index contributed by atoms with van der Waals surface area (Å²) in [6, 6.07) is 16.4. The van der Waals surface area contributed by atoms with Crippen LogP contribution in [0.1, 0.15) is 22.2 Å². The molecule has 1 N–H and O–H groups in total. The molecule has 5 rings (SSSR count). The number of pyridine rings is 1. The Kier molecular flexibility index (Phi) is 5.22. The highest BCUT2D eigenvalue weighted by atomic mass is 79.9. The smallest absolute Gasteiger partial charge is 0.294 e. The summed E-state index contributed by atoms with van der Waals surface area (Å²) < 4.78 is 11.9. The number of ketones is 1. The van der Waals surface area contributed by atoms with Crippen LogP contribution < -0.4 is 9.64 Å². The summed E-state index contributed by atoms with van der Waals surface area (Å²) >= 11 is 3.40. The van der Waals surface area contributed by atoms with Crippen LogP contribution in [0.4, 0.5) is 5.69 Å². The minimum absolute atomic E-state index is 0.0267. The Hall–Kier alpha value is -3.91. The predicted octanol–water partition coefficient (Wildman–Crippen LogP) is 5.38. The molecule has 7 nitrogen and oxygen atoms in total. The Morgan fingerprint density at radius 1 is 1.15 bits per heavy atom. The number of fused-ring (bicyclic) bond motifs is 1. The molecule has 0 fully saturated rings. The summed E-state index contributed by atoms with van der Waals surface area (Å²) in [5, 5.41) is 11.6. The lowest BCUT2D eigenvalue weighted by atomic mass is 9.96. The van der Waals surface area contributed by atoms with Gasteiger partial charge < -0.3 is 14.3 Å². The van der Waals surface area contributed by atoms with Gasteiger partial charge in [0.1, 0.15) is 11.3 Å². The number of aliphatic hydroxyl groups excluding tert-OH is 1. The fourth-order valence-electron chi connectivity index (χ4n) is 3.98. The molecule has 1 unspecified atom stereocenters.